The molecule has 222 valence electrons. The summed E-state index contributed by atoms with van der Waals surface area (Å²) in [5, 5.41) is 8.08. The molecule has 6 aliphatic rings. The van der Waals surface area contributed by atoms with Crippen LogP contribution in [-0.2, 0) is 27.4 Å². The Bertz CT molecular complexity index is 989. The Morgan fingerprint density at radius 3 is 1.67 bits per heavy atom. The van der Waals surface area contributed by atoms with E-state index in [-0.39, 0.29) is 32.8 Å². The summed E-state index contributed by atoms with van der Waals surface area (Å²) in [5.41, 5.74) is 3.93. The van der Waals surface area contributed by atoms with Crippen LogP contribution in [0, 0.1) is 28.6 Å². The second-order valence-electron chi connectivity index (χ2n) is 14.8. The monoisotopic (exact) mass is 606 g/mol. The van der Waals surface area contributed by atoms with Crippen LogP contribution < -0.4 is 10.6 Å². The van der Waals surface area contributed by atoms with Gasteiger partial charge < -0.3 is 41.0 Å². The fourth-order valence-corrected chi connectivity index (χ4v) is 11.8. The van der Waals surface area contributed by atoms with E-state index in [9.17, 15) is 0 Å². The van der Waals surface area contributed by atoms with Gasteiger partial charge in [-0.15, -0.1) is 24.0 Å². The molecule has 8 rings (SSSR count). The van der Waals surface area contributed by atoms with Crippen LogP contribution in [0.1, 0.15) is 96.1 Å². The second-order valence-corrected chi connectivity index (χ2v) is 16.6. The van der Waals surface area contributed by atoms with E-state index in [2.05, 4.69) is 68.1 Å². The average Bonchev–Trinajstić information content (AvgIpc) is 3.71. The van der Waals surface area contributed by atoms with E-state index >= 15 is 0 Å². The molecule has 5 atom stereocenters. The first kappa shape index (κ1) is 30.5. The molecule has 0 aromatic heterocycles. The predicted octanol–water partition coefficient (Wildman–Crippen LogP) is 7.72. The molecule has 5 unspecified atom stereocenters. The Labute approximate surface area is 254 Å². The molecule has 0 spiro atoms. The van der Waals surface area contributed by atoms with Gasteiger partial charge in [0.05, 0.1) is 0 Å². The van der Waals surface area contributed by atoms with Crippen LogP contribution in [0.4, 0.5) is 0 Å². The van der Waals surface area contributed by atoms with Gasteiger partial charge in [-0.05, 0) is 111 Å². The molecule has 4 bridgehead atoms. The van der Waals surface area contributed by atoms with Gasteiger partial charge in [-0.2, -0.15) is 11.6 Å². The molecule has 2 nitrogen and oxygen atoms in total. The van der Waals surface area contributed by atoms with Crippen LogP contribution in [0.15, 0.2) is 48.5 Å². The normalized spacial score (nSPS) is 36.5. The van der Waals surface area contributed by atoms with Crippen molar-refractivity contribution in [1.29, 1.82) is 0 Å². The van der Waals surface area contributed by atoms with E-state index in [1.807, 2.05) is 30.3 Å². The van der Waals surface area contributed by atoms with Crippen LogP contribution in [0.2, 0.25) is 0 Å². The van der Waals surface area contributed by atoms with Crippen LogP contribution in [-0.4, -0.2) is 25.2 Å². The Kier molecular flexibility index (Phi) is 9.05. The van der Waals surface area contributed by atoms with E-state index < -0.39 is 0 Å². The molecule has 2 aliphatic heterocycles. The molecule has 0 radical (unpaired) electrons. The Balaban J connectivity index is 0.000000464. The molecule has 2 N–H and O–H groups in total. The maximum Gasteiger partial charge on any atom is 0.0194 e. The van der Waals surface area contributed by atoms with Gasteiger partial charge in [0.15, 0.2) is 0 Å². The van der Waals surface area contributed by atoms with Crippen molar-refractivity contribution >= 4 is 18.5 Å². The van der Waals surface area contributed by atoms with Crippen molar-refractivity contribution in [1.82, 2.24) is 10.6 Å². The summed E-state index contributed by atoms with van der Waals surface area (Å²) in [6.45, 7) is 9.97. The minimum atomic E-state index is 0. The first-order valence-electron chi connectivity index (χ1n) is 15.7. The molecule has 4 saturated carbocycles. The van der Waals surface area contributed by atoms with Gasteiger partial charge in [-0.3, -0.25) is 0 Å². The van der Waals surface area contributed by atoms with Crippen molar-refractivity contribution < 1.29 is 17.1 Å². The fourth-order valence-electron chi connectivity index (χ4n) is 10.3. The summed E-state index contributed by atoms with van der Waals surface area (Å²) in [5.74, 6) is 2.93. The smallest absolute Gasteiger partial charge is 0.0194 e. The Morgan fingerprint density at radius 2 is 1.28 bits per heavy atom. The van der Waals surface area contributed by atoms with E-state index in [1.54, 1.807) is 11.1 Å². The minimum Gasteiger partial charge on any atom is -0.748 e. The SMILES string of the molecule is CC(C)(C)C(P)([c-]1cccc1C(P)(C1CCCN1)C1CCCN1)C12CC3CC(CC(C3)C1)C2.[Fe].[cH-]1[cH-][cH-][cH-][cH-]1. The topological polar surface area (TPSA) is 24.1 Å². The third-order valence-corrected chi connectivity index (χ3v) is 14.5. The van der Waals surface area contributed by atoms with E-state index in [1.165, 1.54) is 77.3 Å². The summed E-state index contributed by atoms with van der Waals surface area (Å²) in [7, 11) is 7.05. The molecular weight excluding hydrogens is 554 g/mol. The van der Waals surface area contributed by atoms with Crippen molar-refractivity contribution in [2.45, 2.75) is 107 Å². The molecule has 2 heterocycles. The molecule has 39 heavy (non-hydrogen) atoms. The van der Waals surface area contributed by atoms with Gasteiger partial charge in [0.25, 0.3) is 0 Å². The van der Waals surface area contributed by atoms with Crippen molar-refractivity contribution in [3.8, 4) is 0 Å². The van der Waals surface area contributed by atoms with Crippen LogP contribution in [0.25, 0.3) is 0 Å². The molecule has 6 fully saturated rings. The van der Waals surface area contributed by atoms with Crippen LogP contribution >= 0.6 is 18.5 Å². The average molecular weight is 607 g/mol. The molecule has 4 aliphatic carbocycles. The van der Waals surface area contributed by atoms with Crippen molar-refractivity contribution in [3.63, 3.8) is 0 Å². The van der Waals surface area contributed by atoms with Gasteiger partial charge in [0, 0.05) is 34.3 Å². The van der Waals surface area contributed by atoms with Gasteiger partial charge >= 0.3 is 0 Å². The second kappa shape index (κ2) is 11.6. The Hall–Kier alpha value is -0.000519. The van der Waals surface area contributed by atoms with E-state index in [4.69, 9.17) is 0 Å². The zero-order chi connectivity index (χ0) is 26.6. The summed E-state index contributed by atoms with van der Waals surface area (Å²) in [6.07, 6.45) is 14.1. The minimum absolute atomic E-state index is 0. The van der Waals surface area contributed by atoms with E-state index in [0.717, 1.165) is 17.8 Å². The molecule has 2 saturated heterocycles. The zero-order valence-corrected chi connectivity index (χ0v) is 27.9. The van der Waals surface area contributed by atoms with Crippen LogP contribution in [0.5, 0.6) is 0 Å². The summed E-state index contributed by atoms with van der Waals surface area (Å²) in [6, 6.07) is 18.6. The molecule has 2 aromatic rings. The largest absolute Gasteiger partial charge is 0.748 e. The van der Waals surface area contributed by atoms with Gasteiger partial charge in [0.2, 0.25) is 0 Å². The van der Waals surface area contributed by atoms with Crippen molar-refractivity contribution in [2.24, 2.45) is 28.6 Å². The number of rotatable bonds is 5. The zero-order valence-electron chi connectivity index (χ0n) is 24.5. The standard InChI is InChI=1S/C29H47N2P2.C5H5.Fe/c1-26(2,3)29(33,27-16-19-13-20(17-27)15-21(14-19)18-27)23-8-4-7-22(23)28(32,24-9-5-11-30-24)25-10-6-12-31-25;1-2-4-5-3-1;/h4,7-8,19-21,24-25,30-31H,5-6,9-18,32-33H2,1-3H3;1-5H;/q-1;-5;. The summed E-state index contributed by atoms with van der Waals surface area (Å²) >= 11 is 0. The fraction of sp³-hybridized carbons (Fsp3) is 0.706. The molecule has 2 aromatic carbocycles. The molecule has 0 amide bonds. The molecule has 5 heteroatoms. The summed E-state index contributed by atoms with van der Waals surface area (Å²) < 4.78 is 0. The third-order valence-electron chi connectivity index (χ3n) is 11.6. The van der Waals surface area contributed by atoms with Crippen molar-refractivity contribution in [3.05, 3.63) is 59.7 Å². The molecular formula is C34H52FeN2P2-6. The Morgan fingerprint density at radius 1 is 0.821 bits per heavy atom. The maximum absolute atomic E-state index is 3.95. The quantitative estimate of drug-likeness (QED) is 0.207. The van der Waals surface area contributed by atoms with Gasteiger partial charge in [-0.25, -0.2) is 12.1 Å². The predicted molar refractivity (Wildman–Crippen MR) is 169 cm³/mol. The van der Waals surface area contributed by atoms with Gasteiger partial charge in [0.1, 0.15) is 0 Å². The first-order chi connectivity index (χ1) is 18.2. The van der Waals surface area contributed by atoms with Crippen LogP contribution in [0.3, 0.4) is 0 Å². The first-order valence-corrected chi connectivity index (χ1v) is 16.8. The maximum atomic E-state index is 3.95. The number of nitrogens with one attached hydrogen (secondary N) is 2. The summed E-state index contributed by atoms with van der Waals surface area (Å²) in [4.78, 5) is 0. The van der Waals surface area contributed by atoms with Gasteiger partial charge in [-0.1, -0.05) is 20.8 Å². The number of hydrogen-bond donors (Lipinski definition) is 2. The third kappa shape index (κ3) is 5.13. The van der Waals surface area contributed by atoms with E-state index in [0.29, 0.717) is 17.5 Å². The number of hydrogen-bond acceptors (Lipinski definition) is 2. The van der Waals surface area contributed by atoms with Crippen molar-refractivity contribution in [2.75, 3.05) is 13.1 Å².